The number of hydrogen-bond acceptors (Lipinski definition) is 3. The Morgan fingerprint density at radius 1 is 1.37 bits per heavy atom. The molecular formula is C15H17BrN2S. The van der Waals surface area contributed by atoms with Crippen LogP contribution in [0, 0.1) is 0 Å². The minimum atomic E-state index is 0.0632. The smallest absolute Gasteiger partial charge is 0.0440 e. The normalized spacial score (nSPS) is 16.3. The molecule has 2 nitrogen and oxygen atoms in total. The van der Waals surface area contributed by atoms with Crippen molar-refractivity contribution in [3.63, 3.8) is 0 Å². The third-order valence-corrected chi connectivity index (χ3v) is 5.36. The second-order valence-corrected chi connectivity index (χ2v) is 6.89. The maximum atomic E-state index is 5.95. The zero-order valence-corrected chi connectivity index (χ0v) is 13.3. The molecular weight excluding hydrogens is 320 g/mol. The van der Waals surface area contributed by atoms with Gasteiger partial charge < -0.3 is 10.6 Å². The van der Waals surface area contributed by atoms with E-state index >= 15 is 0 Å². The number of thiophene rings is 1. The predicted molar refractivity (Wildman–Crippen MR) is 85.8 cm³/mol. The first kappa shape index (κ1) is 13.2. The number of rotatable bonds is 2. The van der Waals surface area contributed by atoms with Crippen LogP contribution in [0.2, 0.25) is 0 Å². The van der Waals surface area contributed by atoms with Crippen LogP contribution >= 0.6 is 27.3 Å². The van der Waals surface area contributed by atoms with E-state index in [-0.39, 0.29) is 6.04 Å². The number of fused-ring (bicyclic) bond motifs is 1. The standard InChI is InChI=1S/C15H17BrN2S/c1-10(17)13-3-2-12(8-14(13)16)18-6-4-15-11(9-18)5-7-19-15/h2-3,5,7-8,10H,4,6,9,17H2,1H3. The van der Waals surface area contributed by atoms with Crippen molar-refractivity contribution < 1.29 is 0 Å². The molecule has 100 valence electrons. The Morgan fingerprint density at radius 3 is 2.95 bits per heavy atom. The van der Waals surface area contributed by atoms with E-state index in [1.165, 1.54) is 11.3 Å². The zero-order valence-electron chi connectivity index (χ0n) is 10.9. The molecule has 0 saturated carbocycles. The second kappa shape index (κ2) is 5.27. The molecule has 1 aromatic heterocycles. The highest BCUT2D eigenvalue weighted by molar-refractivity contribution is 9.10. The van der Waals surface area contributed by atoms with Crippen LogP contribution in [0.25, 0.3) is 0 Å². The first-order chi connectivity index (χ1) is 9.15. The Kier molecular flexibility index (Phi) is 3.65. The van der Waals surface area contributed by atoms with Crippen molar-refractivity contribution in [1.29, 1.82) is 0 Å². The third-order valence-electron chi connectivity index (χ3n) is 3.65. The minimum Gasteiger partial charge on any atom is -0.367 e. The maximum absolute atomic E-state index is 5.95. The van der Waals surface area contributed by atoms with Crippen molar-refractivity contribution in [3.05, 3.63) is 50.1 Å². The van der Waals surface area contributed by atoms with Crippen molar-refractivity contribution in [2.45, 2.75) is 25.9 Å². The molecule has 0 radical (unpaired) electrons. The van der Waals surface area contributed by atoms with E-state index in [1.807, 2.05) is 18.3 Å². The monoisotopic (exact) mass is 336 g/mol. The molecule has 2 aromatic rings. The second-order valence-electron chi connectivity index (χ2n) is 5.04. The van der Waals surface area contributed by atoms with Gasteiger partial charge in [-0.3, -0.25) is 0 Å². The predicted octanol–water partition coefficient (Wildman–Crippen LogP) is 4.09. The molecule has 1 aliphatic heterocycles. The summed E-state index contributed by atoms with van der Waals surface area (Å²) in [6, 6.07) is 8.81. The first-order valence-electron chi connectivity index (χ1n) is 6.50. The van der Waals surface area contributed by atoms with E-state index in [1.54, 1.807) is 4.88 Å². The van der Waals surface area contributed by atoms with Crippen LogP contribution in [0.3, 0.4) is 0 Å². The molecule has 1 aliphatic rings. The number of nitrogens with zero attached hydrogens (tertiary/aromatic N) is 1. The summed E-state index contributed by atoms with van der Waals surface area (Å²) in [4.78, 5) is 3.98. The fourth-order valence-corrected chi connectivity index (χ4v) is 4.17. The Hall–Kier alpha value is -0.840. The average molecular weight is 337 g/mol. The van der Waals surface area contributed by atoms with Crippen molar-refractivity contribution in [1.82, 2.24) is 0 Å². The van der Waals surface area contributed by atoms with E-state index < -0.39 is 0 Å². The van der Waals surface area contributed by atoms with Crippen LogP contribution in [0.15, 0.2) is 34.1 Å². The van der Waals surface area contributed by atoms with Crippen molar-refractivity contribution in [3.8, 4) is 0 Å². The zero-order chi connectivity index (χ0) is 13.4. The number of nitrogens with two attached hydrogens (primary N) is 1. The topological polar surface area (TPSA) is 29.3 Å². The van der Waals surface area contributed by atoms with Gasteiger partial charge in [-0.25, -0.2) is 0 Å². The van der Waals surface area contributed by atoms with Gasteiger partial charge in [0.25, 0.3) is 0 Å². The van der Waals surface area contributed by atoms with Crippen LogP contribution < -0.4 is 10.6 Å². The van der Waals surface area contributed by atoms with E-state index in [4.69, 9.17) is 5.73 Å². The van der Waals surface area contributed by atoms with Crippen LogP contribution in [-0.4, -0.2) is 6.54 Å². The third kappa shape index (κ3) is 2.57. The number of benzene rings is 1. The molecule has 0 amide bonds. The number of halogens is 1. The molecule has 0 spiro atoms. The summed E-state index contributed by atoms with van der Waals surface area (Å²) in [7, 11) is 0. The van der Waals surface area contributed by atoms with Gasteiger partial charge in [-0.05, 0) is 48.1 Å². The lowest BCUT2D eigenvalue weighted by Crippen LogP contribution is -2.29. The highest BCUT2D eigenvalue weighted by Crippen LogP contribution is 2.31. The lowest BCUT2D eigenvalue weighted by molar-refractivity contribution is 0.742. The molecule has 4 heteroatoms. The summed E-state index contributed by atoms with van der Waals surface area (Å²) < 4.78 is 1.11. The molecule has 1 unspecified atom stereocenters. The van der Waals surface area contributed by atoms with Gasteiger partial charge in [0.15, 0.2) is 0 Å². The highest BCUT2D eigenvalue weighted by atomic mass is 79.9. The van der Waals surface area contributed by atoms with Gasteiger partial charge in [0.1, 0.15) is 0 Å². The van der Waals surface area contributed by atoms with E-state index in [2.05, 4.69) is 50.5 Å². The molecule has 0 saturated heterocycles. The van der Waals surface area contributed by atoms with Gasteiger partial charge in [0.05, 0.1) is 0 Å². The van der Waals surface area contributed by atoms with Crippen LogP contribution in [0.5, 0.6) is 0 Å². The lowest BCUT2D eigenvalue weighted by atomic mass is 10.1. The van der Waals surface area contributed by atoms with Crippen LogP contribution in [-0.2, 0) is 13.0 Å². The quantitative estimate of drug-likeness (QED) is 0.894. The Labute approximate surface area is 126 Å². The SMILES string of the molecule is CC(N)c1ccc(N2CCc3sccc3C2)cc1Br. The van der Waals surface area contributed by atoms with Gasteiger partial charge >= 0.3 is 0 Å². The van der Waals surface area contributed by atoms with Crippen molar-refractivity contribution in [2.24, 2.45) is 5.73 Å². The summed E-state index contributed by atoms with van der Waals surface area (Å²) in [5.74, 6) is 0. The molecule has 2 heterocycles. The number of anilines is 1. The Morgan fingerprint density at radius 2 is 2.21 bits per heavy atom. The number of hydrogen-bond donors (Lipinski definition) is 1. The molecule has 0 fully saturated rings. The lowest BCUT2D eigenvalue weighted by Gasteiger charge is -2.29. The van der Waals surface area contributed by atoms with Crippen LogP contribution in [0.1, 0.15) is 29.0 Å². The molecule has 3 rings (SSSR count). The van der Waals surface area contributed by atoms with Gasteiger partial charge in [0.2, 0.25) is 0 Å². The summed E-state index contributed by atoms with van der Waals surface area (Å²) in [6.45, 7) is 4.12. The fourth-order valence-electron chi connectivity index (χ4n) is 2.55. The van der Waals surface area contributed by atoms with E-state index in [0.29, 0.717) is 0 Å². The van der Waals surface area contributed by atoms with E-state index in [9.17, 15) is 0 Å². The Bertz CT molecular complexity index is 592. The van der Waals surface area contributed by atoms with E-state index in [0.717, 1.165) is 29.5 Å². The molecule has 1 atom stereocenters. The van der Waals surface area contributed by atoms with Gasteiger partial charge in [-0.15, -0.1) is 11.3 Å². The van der Waals surface area contributed by atoms with Crippen molar-refractivity contribution >= 4 is 33.0 Å². The summed E-state index contributed by atoms with van der Waals surface area (Å²) in [6.07, 6.45) is 1.15. The maximum Gasteiger partial charge on any atom is 0.0440 e. The molecule has 2 N–H and O–H groups in total. The van der Waals surface area contributed by atoms with Crippen LogP contribution in [0.4, 0.5) is 5.69 Å². The molecule has 19 heavy (non-hydrogen) atoms. The molecule has 1 aromatic carbocycles. The largest absolute Gasteiger partial charge is 0.367 e. The highest BCUT2D eigenvalue weighted by Gasteiger charge is 2.18. The van der Waals surface area contributed by atoms with Gasteiger partial charge in [0, 0.05) is 34.2 Å². The minimum absolute atomic E-state index is 0.0632. The first-order valence-corrected chi connectivity index (χ1v) is 8.17. The van der Waals surface area contributed by atoms with Crippen molar-refractivity contribution in [2.75, 3.05) is 11.4 Å². The van der Waals surface area contributed by atoms with Gasteiger partial charge in [-0.2, -0.15) is 0 Å². The summed E-state index contributed by atoms with van der Waals surface area (Å²) >= 11 is 5.51. The average Bonchev–Trinajstić information content (AvgIpc) is 2.85. The van der Waals surface area contributed by atoms with Gasteiger partial charge in [-0.1, -0.05) is 22.0 Å². The Balaban J connectivity index is 1.86. The summed E-state index contributed by atoms with van der Waals surface area (Å²) in [5, 5.41) is 2.20. The molecule has 0 bridgehead atoms. The summed E-state index contributed by atoms with van der Waals surface area (Å²) in [5.41, 5.74) is 9.86. The molecule has 0 aliphatic carbocycles. The fraction of sp³-hybridized carbons (Fsp3) is 0.333.